The Hall–Kier alpha value is -1.67. The molecule has 20 heavy (non-hydrogen) atoms. The summed E-state index contributed by atoms with van der Waals surface area (Å²) in [5.41, 5.74) is -2.74. The van der Waals surface area contributed by atoms with Crippen LogP contribution in [0, 0.1) is 0 Å². The molecule has 0 amide bonds. The molecule has 2 atom stereocenters. The van der Waals surface area contributed by atoms with E-state index in [1.807, 2.05) is 0 Å². The van der Waals surface area contributed by atoms with Gasteiger partial charge in [0, 0.05) is 0 Å². The van der Waals surface area contributed by atoms with Crippen LogP contribution in [-0.4, -0.2) is 59.6 Å². The van der Waals surface area contributed by atoms with Gasteiger partial charge in [0.25, 0.3) is 0 Å². The highest BCUT2D eigenvalue weighted by Crippen LogP contribution is 2.20. The van der Waals surface area contributed by atoms with Crippen LogP contribution >= 0.6 is 0 Å². The van der Waals surface area contributed by atoms with E-state index in [1.165, 1.54) is 20.8 Å². The van der Waals surface area contributed by atoms with Gasteiger partial charge in [-0.05, 0) is 20.8 Å². The van der Waals surface area contributed by atoms with Crippen LogP contribution < -0.4 is 0 Å². The highest BCUT2D eigenvalue weighted by atomic mass is 16.6. The highest BCUT2D eigenvalue weighted by Gasteiger charge is 2.51. The lowest BCUT2D eigenvalue weighted by atomic mass is 9.92. The molecule has 0 bridgehead atoms. The molecule has 0 spiro atoms. The predicted molar refractivity (Wildman–Crippen MR) is 65.5 cm³/mol. The summed E-state index contributed by atoms with van der Waals surface area (Å²) in [6, 6.07) is 0. The van der Waals surface area contributed by atoms with Gasteiger partial charge < -0.3 is 24.4 Å². The summed E-state index contributed by atoms with van der Waals surface area (Å²) in [6.45, 7) is 4.35. The molecule has 116 valence electrons. The molecule has 0 heterocycles. The maximum Gasteiger partial charge on any atom is 0.342 e. The number of carbonyl (C=O) groups excluding carboxylic acids is 3. The Labute approximate surface area is 116 Å². The van der Waals surface area contributed by atoms with Crippen molar-refractivity contribution < 1.29 is 38.8 Å². The van der Waals surface area contributed by atoms with Gasteiger partial charge in [0.15, 0.2) is 6.10 Å². The van der Waals surface area contributed by atoms with Gasteiger partial charge in [-0.3, -0.25) is 4.79 Å². The molecule has 0 aromatic heterocycles. The number of hydrogen-bond acceptors (Lipinski definition) is 8. The largest absolute Gasteiger partial charge is 0.466 e. The average molecular weight is 292 g/mol. The Morgan fingerprint density at radius 1 is 1.00 bits per heavy atom. The second-order valence-corrected chi connectivity index (χ2v) is 3.78. The Morgan fingerprint density at radius 3 is 1.95 bits per heavy atom. The molecule has 0 saturated heterocycles. The molecule has 8 heteroatoms. The fraction of sp³-hybridized carbons (Fsp3) is 0.750. The van der Waals surface area contributed by atoms with E-state index in [-0.39, 0.29) is 19.8 Å². The van der Waals surface area contributed by atoms with Gasteiger partial charge in [0.05, 0.1) is 26.2 Å². The van der Waals surface area contributed by atoms with Gasteiger partial charge in [-0.1, -0.05) is 0 Å². The summed E-state index contributed by atoms with van der Waals surface area (Å²) >= 11 is 0. The number of carbonyl (C=O) groups is 3. The minimum absolute atomic E-state index is 0.0211. The molecular formula is C12H20O8. The number of aliphatic hydroxyl groups excluding tert-OH is 1. The molecule has 0 saturated carbocycles. The van der Waals surface area contributed by atoms with Crippen molar-refractivity contribution in [2.45, 2.75) is 38.9 Å². The first-order valence-electron chi connectivity index (χ1n) is 6.23. The van der Waals surface area contributed by atoms with E-state index in [0.717, 1.165) is 0 Å². The maximum atomic E-state index is 11.7. The third kappa shape index (κ3) is 4.78. The lowest BCUT2D eigenvalue weighted by molar-refractivity contribution is -0.194. The standard InChI is InChI=1S/C12H20O8/c1-4-18-8(13)7-12(17,11(16)20-6-3)9(14)10(15)19-5-2/h9,14,17H,4-7H2,1-3H3/t9-,12-/m1/s1. The van der Waals surface area contributed by atoms with Gasteiger partial charge in [-0.2, -0.15) is 0 Å². The Kier molecular flexibility index (Phi) is 7.78. The van der Waals surface area contributed by atoms with Crippen LogP contribution in [-0.2, 0) is 28.6 Å². The summed E-state index contributed by atoms with van der Waals surface area (Å²) in [5, 5.41) is 19.9. The van der Waals surface area contributed by atoms with Crippen molar-refractivity contribution in [2.75, 3.05) is 19.8 Å². The van der Waals surface area contributed by atoms with E-state index in [9.17, 15) is 24.6 Å². The van der Waals surface area contributed by atoms with Crippen LogP contribution in [0.2, 0.25) is 0 Å². The first kappa shape index (κ1) is 18.3. The summed E-state index contributed by atoms with van der Waals surface area (Å²) < 4.78 is 13.7. The number of hydrogen-bond donors (Lipinski definition) is 2. The Balaban J connectivity index is 5.18. The smallest absolute Gasteiger partial charge is 0.342 e. The third-order valence-corrected chi connectivity index (χ3v) is 2.31. The zero-order chi connectivity index (χ0) is 15.8. The molecule has 2 N–H and O–H groups in total. The first-order chi connectivity index (χ1) is 9.33. The van der Waals surface area contributed by atoms with Crippen molar-refractivity contribution in [1.29, 1.82) is 0 Å². The third-order valence-electron chi connectivity index (χ3n) is 2.31. The molecule has 0 aromatic carbocycles. The van der Waals surface area contributed by atoms with Crippen LogP contribution in [0.25, 0.3) is 0 Å². The van der Waals surface area contributed by atoms with E-state index in [4.69, 9.17) is 0 Å². The fourth-order valence-corrected chi connectivity index (χ4v) is 1.38. The summed E-state index contributed by atoms with van der Waals surface area (Å²) in [7, 11) is 0. The van der Waals surface area contributed by atoms with Crippen LogP contribution in [0.5, 0.6) is 0 Å². The molecule has 0 radical (unpaired) electrons. The van der Waals surface area contributed by atoms with Crippen LogP contribution in [0.4, 0.5) is 0 Å². The van der Waals surface area contributed by atoms with Crippen molar-refractivity contribution in [2.24, 2.45) is 0 Å². The molecule has 0 aliphatic carbocycles. The first-order valence-corrected chi connectivity index (χ1v) is 6.23. The summed E-state index contributed by atoms with van der Waals surface area (Å²) in [6.07, 6.45) is -3.16. The quantitative estimate of drug-likeness (QED) is 0.439. The van der Waals surface area contributed by atoms with Gasteiger partial charge in [-0.25, -0.2) is 9.59 Å². The van der Waals surface area contributed by atoms with E-state index >= 15 is 0 Å². The van der Waals surface area contributed by atoms with Crippen LogP contribution in [0.3, 0.4) is 0 Å². The minimum Gasteiger partial charge on any atom is -0.466 e. The molecule has 0 fully saturated rings. The highest BCUT2D eigenvalue weighted by molar-refractivity contribution is 5.92. The monoisotopic (exact) mass is 292 g/mol. The van der Waals surface area contributed by atoms with Crippen molar-refractivity contribution in [3.8, 4) is 0 Å². The van der Waals surface area contributed by atoms with Gasteiger partial charge in [0.1, 0.15) is 0 Å². The molecule has 0 aliphatic rings. The van der Waals surface area contributed by atoms with Gasteiger partial charge in [0.2, 0.25) is 5.60 Å². The molecule has 0 aromatic rings. The summed E-state index contributed by atoms with van der Waals surface area (Å²) in [4.78, 5) is 34.6. The van der Waals surface area contributed by atoms with Crippen molar-refractivity contribution in [3.05, 3.63) is 0 Å². The van der Waals surface area contributed by atoms with Gasteiger partial charge >= 0.3 is 17.9 Å². The van der Waals surface area contributed by atoms with Crippen molar-refractivity contribution in [1.82, 2.24) is 0 Å². The predicted octanol–water partition coefficient (Wildman–Crippen LogP) is -0.842. The summed E-state index contributed by atoms with van der Waals surface area (Å²) in [5.74, 6) is -3.48. The van der Waals surface area contributed by atoms with E-state index in [2.05, 4.69) is 14.2 Å². The van der Waals surface area contributed by atoms with E-state index in [1.54, 1.807) is 0 Å². The van der Waals surface area contributed by atoms with Crippen molar-refractivity contribution in [3.63, 3.8) is 0 Å². The van der Waals surface area contributed by atoms with E-state index < -0.39 is 36.0 Å². The second kappa shape index (κ2) is 8.49. The molecule has 0 aliphatic heterocycles. The SMILES string of the molecule is CCOC(=O)C[C@](O)(C(=O)OCC)[C@H](O)C(=O)OCC. The average Bonchev–Trinajstić information content (AvgIpc) is 2.38. The normalized spacial score (nSPS) is 14.8. The number of ether oxygens (including phenoxy) is 3. The Bertz CT molecular complexity index is 353. The topological polar surface area (TPSA) is 119 Å². The molecule has 0 rings (SSSR count). The zero-order valence-electron chi connectivity index (χ0n) is 11.7. The fourth-order valence-electron chi connectivity index (χ4n) is 1.38. The number of esters is 3. The maximum absolute atomic E-state index is 11.7. The Morgan fingerprint density at radius 2 is 1.50 bits per heavy atom. The van der Waals surface area contributed by atoms with Crippen LogP contribution in [0.1, 0.15) is 27.2 Å². The second-order valence-electron chi connectivity index (χ2n) is 3.78. The zero-order valence-corrected chi connectivity index (χ0v) is 11.7. The minimum atomic E-state index is -2.74. The van der Waals surface area contributed by atoms with Crippen molar-refractivity contribution >= 4 is 17.9 Å². The lowest BCUT2D eigenvalue weighted by Gasteiger charge is -2.28. The van der Waals surface area contributed by atoms with Gasteiger partial charge in [-0.15, -0.1) is 0 Å². The van der Waals surface area contributed by atoms with Crippen LogP contribution in [0.15, 0.2) is 0 Å². The molecular weight excluding hydrogens is 272 g/mol. The number of rotatable bonds is 8. The molecule has 8 nitrogen and oxygen atoms in total. The number of aliphatic hydroxyl groups is 2. The lowest BCUT2D eigenvalue weighted by Crippen LogP contribution is -2.55. The molecule has 0 unspecified atom stereocenters. The van der Waals surface area contributed by atoms with E-state index in [0.29, 0.717) is 0 Å².